The van der Waals surface area contributed by atoms with E-state index in [1.54, 1.807) is 12.3 Å². The topological polar surface area (TPSA) is 52.0 Å². The van der Waals surface area contributed by atoms with E-state index in [9.17, 15) is 4.79 Å². The summed E-state index contributed by atoms with van der Waals surface area (Å²) in [5.41, 5.74) is 4.15. The maximum Gasteiger partial charge on any atom is 0.286 e. The van der Waals surface area contributed by atoms with Gasteiger partial charge in [0.05, 0.1) is 16.1 Å². The van der Waals surface area contributed by atoms with Crippen LogP contribution in [0.2, 0.25) is 0 Å². The molecule has 1 aromatic heterocycles. The third-order valence-electron chi connectivity index (χ3n) is 7.56. The number of nitrogens with zero attached hydrogens (tertiary/aromatic N) is 5. The minimum atomic E-state index is -0.200. The molecule has 3 aliphatic rings. The molecule has 0 aliphatic carbocycles. The van der Waals surface area contributed by atoms with Crippen molar-refractivity contribution in [2.45, 2.75) is 26.2 Å². The first-order valence-corrected chi connectivity index (χ1v) is 14.3. The maximum atomic E-state index is 15.4. The molecule has 2 fully saturated rings. The van der Waals surface area contributed by atoms with Crippen LogP contribution in [0, 0.1) is 5.82 Å². The monoisotopic (exact) mass is 529 g/mol. The summed E-state index contributed by atoms with van der Waals surface area (Å²) < 4.78 is 15.4. The number of anilines is 1. The Morgan fingerprint density at radius 3 is 2.55 bits per heavy atom. The number of thioether (sulfide) groups is 1. The summed E-state index contributed by atoms with van der Waals surface area (Å²) in [6, 6.07) is 13.4. The molecule has 3 aliphatic heterocycles. The van der Waals surface area contributed by atoms with E-state index in [4.69, 9.17) is 0 Å². The van der Waals surface area contributed by atoms with Gasteiger partial charge in [-0.05, 0) is 90.7 Å². The molecule has 0 atom stereocenters. The molecule has 0 N–H and O–H groups in total. The zero-order chi connectivity index (χ0) is 26.1. The van der Waals surface area contributed by atoms with E-state index in [-0.39, 0.29) is 11.7 Å². The number of benzene rings is 2. The molecule has 196 valence electrons. The summed E-state index contributed by atoms with van der Waals surface area (Å²) >= 11 is 1.45. The van der Waals surface area contributed by atoms with Gasteiger partial charge in [-0.25, -0.2) is 4.39 Å². The largest absolute Gasteiger partial charge is 0.367 e. The Morgan fingerprint density at radius 2 is 1.79 bits per heavy atom. The fourth-order valence-electron chi connectivity index (χ4n) is 5.56. The summed E-state index contributed by atoms with van der Waals surface area (Å²) in [6.45, 7) is 8.83. The van der Waals surface area contributed by atoms with Crippen molar-refractivity contribution in [1.82, 2.24) is 14.8 Å². The molecule has 8 heteroatoms. The highest BCUT2D eigenvalue weighted by Gasteiger charge is 2.27. The van der Waals surface area contributed by atoms with Crippen molar-refractivity contribution < 1.29 is 9.18 Å². The van der Waals surface area contributed by atoms with Crippen LogP contribution >= 0.6 is 11.8 Å². The Bertz CT molecular complexity index is 1420. The van der Waals surface area contributed by atoms with Gasteiger partial charge in [0, 0.05) is 50.9 Å². The molecule has 6 nitrogen and oxygen atoms in total. The maximum absolute atomic E-state index is 15.4. The SMILES string of the molecule is CCCN1CCN(c2ccc(-c3ccnc4ccc(C=C5SC(N6CCCC6)=NC5=O)cc34)cc2F)CC1. The van der Waals surface area contributed by atoms with Crippen LogP contribution in [0.3, 0.4) is 0 Å². The van der Waals surface area contributed by atoms with Gasteiger partial charge in [0.2, 0.25) is 0 Å². The lowest BCUT2D eigenvalue weighted by Gasteiger charge is -2.36. The van der Waals surface area contributed by atoms with Crippen LogP contribution in [0.25, 0.3) is 28.1 Å². The van der Waals surface area contributed by atoms with Crippen molar-refractivity contribution in [3.63, 3.8) is 0 Å². The Hall–Kier alpha value is -3.23. The van der Waals surface area contributed by atoms with Gasteiger partial charge in [0.25, 0.3) is 5.91 Å². The van der Waals surface area contributed by atoms with Crippen molar-refractivity contribution in [2.24, 2.45) is 4.99 Å². The zero-order valence-corrected chi connectivity index (χ0v) is 22.5. The predicted octanol–water partition coefficient (Wildman–Crippen LogP) is 5.64. The summed E-state index contributed by atoms with van der Waals surface area (Å²) in [5.74, 6) is -0.384. The van der Waals surface area contributed by atoms with Crippen LogP contribution in [0.5, 0.6) is 0 Å². The number of hydrogen-bond acceptors (Lipinski definition) is 6. The molecule has 0 radical (unpaired) electrons. The number of rotatable bonds is 5. The molecular weight excluding hydrogens is 497 g/mol. The first kappa shape index (κ1) is 25.1. The van der Waals surface area contributed by atoms with Gasteiger partial charge < -0.3 is 9.80 Å². The van der Waals surface area contributed by atoms with Crippen molar-refractivity contribution >= 4 is 45.5 Å². The average molecular weight is 530 g/mol. The molecule has 1 amide bonds. The van der Waals surface area contributed by atoms with E-state index in [1.165, 1.54) is 11.8 Å². The third-order valence-corrected chi connectivity index (χ3v) is 8.61. The smallest absolute Gasteiger partial charge is 0.286 e. The highest BCUT2D eigenvalue weighted by atomic mass is 32.2. The quantitative estimate of drug-likeness (QED) is 0.399. The van der Waals surface area contributed by atoms with E-state index in [2.05, 4.69) is 31.6 Å². The Kier molecular flexibility index (Phi) is 7.17. The van der Waals surface area contributed by atoms with E-state index >= 15 is 4.39 Å². The van der Waals surface area contributed by atoms with Gasteiger partial charge in [-0.2, -0.15) is 4.99 Å². The number of hydrogen-bond donors (Lipinski definition) is 0. The number of aromatic nitrogens is 1. The molecule has 2 aromatic carbocycles. The first-order valence-electron chi connectivity index (χ1n) is 13.5. The minimum Gasteiger partial charge on any atom is -0.367 e. The van der Waals surface area contributed by atoms with E-state index in [1.807, 2.05) is 42.5 Å². The third kappa shape index (κ3) is 5.07. The first-order chi connectivity index (χ1) is 18.6. The molecule has 4 heterocycles. The zero-order valence-electron chi connectivity index (χ0n) is 21.7. The number of carbonyl (C=O) groups is 1. The second-order valence-corrected chi connectivity index (χ2v) is 11.1. The molecule has 0 bridgehead atoms. The summed E-state index contributed by atoms with van der Waals surface area (Å²) in [6.07, 6.45) is 7.10. The fraction of sp³-hybridized carbons (Fsp3) is 0.367. The van der Waals surface area contributed by atoms with Crippen molar-refractivity contribution in [3.8, 4) is 11.1 Å². The normalized spacial score (nSPS) is 19.7. The number of amidine groups is 1. The molecule has 38 heavy (non-hydrogen) atoms. The number of pyridine rings is 1. The number of fused-ring (bicyclic) bond motifs is 1. The molecule has 0 spiro atoms. The van der Waals surface area contributed by atoms with E-state index < -0.39 is 0 Å². The Balaban J connectivity index is 1.26. The van der Waals surface area contributed by atoms with E-state index in [0.717, 1.165) is 97.8 Å². The summed E-state index contributed by atoms with van der Waals surface area (Å²) in [5, 5.41) is 1.74. The molecule has 3 aromatic rings. The summed E-state index contributed by atoms with van der Waals surface area (Å²) in [7, 11) is 0. The highest BCUT2D eigenvalue weighted by Crippen LogP contribution is 2.34. The number of halogens is 1. The molecular formula is C30H32FN5OS. The lowest BCUT2D eigenvalue weighted by Crippen LogP contribution is -2.46. The Labute approximate surface area is 227 Å². The van der Waals surface area contributed by atoms with Gasteiger partial charge >= 0.3 is 0 Å². The van der Waals surface area contributed by atoms with Gasteiger partial charge in [0.1, 0.15) is 5.82 Å². The van der Waals surface area contributed by atoms with Gasteiger partial charge in [0.15, 0.2) is 5.17 Å². The van der Waals surface area contributed by atoms with Crippen LogP contribution in [-0.4, -0.2) is 71.7 Å². The lowest BCUT2D eigenvalue weighted by atomic mass is 9.99. The molecule has 6 rings (SSSR count). The van der Waals surface area contributed by atoms with Crippen LogP contribution in [0.15, 0.2) is 58.6 Å². The lowest BCUT2D eigenvalue weighted by molar-refractivity contribution is -0.113. The van der Waals surface area contributed by atoms with Crippen LogP contribution < -0.4 is 4.90 Å². The number of amides is 1. The number of likely N-dealkylation sites (tertiary alicyclic amines) is 1. The van der Waals surface area contributed by atoms with Crippen LogP contribution in [0.4, 0.5) is 10.1 Å². The van der Waals surface area contributed by atoms with Crippen molar-refractivity contribution in [1.29, 1.82) is 0 Å². The Morgan fingerprint density at radius 1 is 0.974 bits per heavy atom. The average Bonchev–Trinajstić information content (AvgIpc) is 3.59. The molecule has 0 unspecified atom stereocenters. The van der Waals surface area contributed by atoms with Crippen molar-refractivity contribution in [2.75, 3.05) is 50.7 Å². The highest BCUT2D eigenvalue weighted by molar-refractivity contribution is 8.18. The number of carbonyl (C=O) groups excluding carboxylic acids is 1. The van der Waals surface area contributed by atoms with E-state index in [0.29, 0.717) is 10.6 Å². The van der Waals surface area contributed by atoms with Crippen LogP contribution in [-0.2, 0) is 4.79 Å². The second kappa shape index (κ2) is 10.9. The standard InChI is InChI=1S/C30H32FN5OS/c1-2-11-34-14-16-35(17-15-34)27-8-6-22(20-25(27)31)23-9-10-32-26-7-5-21(18-24(23)26)19-28-29(37)33-30(38-28)36-12-3-4-13-36/h5-10,18-20H,2-4,11-17H2,1H3. The number of piperazine rings is 1. The van der Waals surface area contributed by atoms with Gasteiger partial charge in [-0.1, -0.05) is 19.1 Å². The molecule has 0 saturated carbocycles. The fourth-order valence-corrected chi connectivity index (χ4v) is 6.52. The van der Waals surface area contributed by atoms with Gasteiger partial charge in [-0.15, -0.1) is 0 Å². The van der Waals surface area contributed by atoms with Gasteiger partial charge in [-0.3, -0.25) is 14.7 Å². The van der Waals surface area contributed by atoms with Crippen molar-refractivity contribution in [3.05, 3.63) is 64.9 Å². The second-order valence-electron chi connectivity index (χ2n) is 10.1. The minimum absolute atomic E-state index is 0.184. The summed E-state index contributed by atoms with van der Waals surface area (Å²) in [4.78, 5) is 28.8. The molecule has 2 saturated heterocycles. The predicted molar refractivity (Wildman–Crippen MR) is 155 cm³/mol. The number of aliphatic imine (C=N–C) groups is 1. The van der Waals surface area contributed by atoms with Crippen LogP contribution in [0.1, 0.15) is 31.7 Å².